The molecule has 0 saturated heterocycles. The molecule has 0 fully saturated rings. The van der Waals surface area contributed by atoms with E-state index in [1.807, 2.05) is 84.9 Å². The standard InChI is InChI=1S/C39H32N2O5S/c1-4-45-38(43)35-24(2)40-39-41(36(35)31-18-10-14-27-12-6-8-17-30(27)31)37(42)34(47-39)22-25-19-20-32(33(21-25)44-3)46-23-28-15-9-13-26-11-5-7-16-29(26)28/h5-22,36H,4,23H2,1-3H3/b34-22+/t36-/m0/s1. The minimum absolute atomic E-state index is 0.214. The molecule has 0 amide bonds. The van der Waals surface area contributed by atoms with Crippen LogP contribution in [-0.4, -0.2) is 24.3 Å². The molecular weight excluding hydrogens is 609 g/mol. The Bertz CT molecular complexity index is 2380. The van der Waals surface area contributed by atoms with E-state index in [0.717, 1.165) is 38.2 Å². The first-order chi connectivity index (χ1) is 23.0. The third-order valence-corrected chi connectivity index (χ3v) is 9.37. The van der Waals surface area contributed by atoms with Gasteiger partial charge in [0.2, 0.25) is 0 Å². The third-order valence-electron chi connectivity index (χ3n) is 8.38. The minimum Gasteiger partial charge on any atom is -0.493 e. The summed E-state index contributed by atoms with van der Waals surface area (Å²) < 4.78 is 19.5. The predicted octanol–water partition coefficient (Wildman–Crippen LogP) is 6.69. The lowest BCUT2D eigenvalue weighted by Crippen LogP contribution is -2.40. The van der Waals surface area contributed by atoms with Crippen LogP contribution in [0.2, 0.25) is 0 Å². The second-order valence-electron chi connectivity index (χ2n) is 11.2. The number of benzene rings is 5. The van der Waals surface area contributed by atoms with E-state index in [-0.39, 0.29) is 12.2 Å². The lowest BCUT2D eigenvalue weighted by atomic mass is 9.91. The van der Waals surface area contributed by atoms with Gasteiger partial charge in [0.1, 0.15) is 6.61 Å². The van der Waals surface area contributed by atoms with Crippen molar-refractivity contribution in [1.29, 1.82) is 0 Å². The molecule has 1 atom stereocenters. The highest BCUT2D eigenvalue weighted by atomic mass is 32.1. The fourth-order valence-electron chi connectivity index (χ4n) is 6.19. The van der Waals surface area contributed by atoms with Crippen molar-refractivity contribution in [2.75, 3.05) is 13.7 Å². The van der Waals surface area contributed by atoms with Gasteiger partial charge in [0.25, 0.3) is 5.56 Å². The number of aromatic nitrogens is 1. The van der Waals surface area contributed by atoms with Gasteiger partial charge in [-0.3, -0.25) is 9.36 Å². The lowest BCUT2D eigenvalue weighted by Gasteiger charge is -2.25. The highest BCUT2D eigenvalue weighted by Gasteiger charge is 2.34. The lowest BCUT2D eigenvalue weighted by molar-refractivity contribution is -0.139. The Morgan fingerprint density at radius 3 is 2.36 bits per heavy atom. The van der Waals surface area contributed by atoms with Crippen LogP contribution in [0.4, 0.5) is 0 Å². The molecule has 0 unspecified atom stereocenters. The molecule has 2 heterocycles. The quantitative estimate of drug-likeness (QED) is 0.173. The summed E-state index contributed by atoms with van der Waals surface area (Å²) in [5.74, 6) is 0.676. The van der Waals surface area contributed by atoms with E-state index < -0.39 is 12.0 Å². The number of allylic oxidation sites excluding steroid dienone is 1. The number of hydrogen-bond acceptors (Lipinski definition) is 7. The number of carbonyl (C=O) groups excluding carboxylic acids is 1. The van der Waals surface area contributed by atoms with E-state index in [4.69, 9.17) is 19.2 Å². The van der Waals surface area contributed by atoms with Crippen molar-refractivity contribution in [1.82, 2.24) is 4.57 Å². The van der Waals surface area contributed by atoms with Crippen LogP contribution in [0.1, 0.15) is 36.6 Å². The highest BCUT2D eigenvalue weighted by molar-refractivity contribution is 7.07. The second-order valence-corrected chi connectivity index (χ2v) is 12.2. The summed E-state index contributed by atoms with van der Waals surface area (Å²) in [4.78, 5) is 32.8. The molecule has 0 N–H and O–H groups in total. The molecule has 0 saturated carbocycles. The number of nitrogens with zero attached hydrogens (tertiary/aromatic N) is 2. The molecule has 5 aromatic carbocycles. The Morgan fingerprint density at radius 2 is 1.60 bits per heavy atom. The van der Waals surface area contributed by atoms with Gasteiger partial charge >= 0.3 is 5.97 Å². The zero-order valence-corrected chi connectivity index (χ0v) is 27.0. The summed E-state index contributed by atoms with van der Waals surface area (Å²) in [6.45, 7) is 4.16. The molecular formula is C39H32N2O5S. The van der Waals surface area contributed by atoms with Crippen molar-refractivity contribution in [3.63, 3.8) is 0 Å². The van der Waals surface area contributed by atoms with Gasteiger partial charge in [-0.05, 0) is 70.3 Å². The molecule has 8 heteroatoms. The molecule has 0 spiro atoms. The topological polar surface area (TPSA) is 79.1 Å². The molecule has 47 heavy (non-hydrogen) atoms. The minimum atomic E-state index is -0.696. The normalized spacial score (nSPS) is 14.6. The van der Waals surface area contributed by atoms with Crippen LogP contribution in [-0.2, 0) is 16.1 Å². The monoisotopic (exact) mass is 640 g/mol. The first-order valence-electron chi connectivity index (χ1n) is 15.4. The van der Waals surface area contributed by atoms with Crippen molar-refractivity contribution >= 4 is 44.9 Å². The SMILES string of the molecule is CCOC(=O)C1=C(C)N=c2s/c(=C/c3ccc(OCc4cccc5ccccc45)c(OC)c3)c(=O)n2[C@H]1c1cccc2ccccc12. The van der Waals surface area contributed by atoms with Crippen molar-refractivity contribution in [3.05, 3.63) is 151 Å². The van der Waals surface area contributed by atoms with E-state index in [1.54, 1.807) is 25.5 Å². The van der Waals surface area contributed by atoms with Crippen LogP contribution < -0.4 is 24.4 Å². The highest BCUT2D eigenvalue weighted by Crippen LogP contribution is 2.35. The van der Waals surface area contributed by atoms with Crippen LogP contribution in [0, 0.1) is 0 Å². The summed E-state index contributed by atoms with van der Waals surface area (Å²) in [6, 6.07) is 33.2. The first kappa shape index (κ1) is 30.2. The second kappa shape index (κ2) is 12.7. The van der Waals surface area contributed by atoms with E-state index in [1.165, 1.54) is 11.3 Å². The number of thiazole rings is 1. The summed E-state index contributed by atoms with van der Waals surface area (Å²) in [5.41, 5.74) is 3.33. The Morgan fingerprint density at radius 1 is 0.894 bits per heavy atom. The molecule has 0 radical (unpaired) electrons. The number of fused-ring (bicyclic) bond motifs is 3. The van der Waals surface area contributed by atoms with Crippen LogP contribution in [0.15, 0.2) is 124 Å². The van der Waals surface area contributed by atoms with Gasteiger partial charge in [-0.25, -0.2) is 9.79 Å². The Kier molecular flexibility index (Phi) is 8.18. The van der Waals surface area contributed by atoms with E-state index in [0.29, 0.717) is 38.7 Å². The van der Waals surface area contributed by atoms with E-state index in [9.17, 15) is 9.59 Å². The van der Waals surface area contributed by atoms with Gasteiger partial charge in [-0.15, -0.1) is 0 Å². The molecule has 0 bridgehead atoms. The maximum atomic E-state index is 14.2. The number of rotatable bonds is 8. The summed E-state index contributed by atoms with van der Waals surface area (Å²) in [6.07, 6.45) is 1.82. The smallest absolute Gasteiger partial charge is 0.338 e. The zero-order chi connectivity index (χ0) is 32.5. The molecule has 6 aromatic rings. The van der Waals surface area contributed by atoms with Gasteiger partial charge < -0.3 is 14.2 Å². The van der Waals surface area contributed by atoms with Crippen LogP contribution >= 0.6 is 11.3 Å². The number of ether oxygens (including phenoxy) is 3. The summed E-state index contributed by atoms with van der Waals surface area (Å²) >= 11 is 1.29. The molecule has 1 aliphatic heterocycles. The van der Waals surface area contributed by atoms with Gasteiger partial charge in [0, 0.05) is 0 Å². The zero-order valence-electron chi connectivity index (χ0n) is 26.2. The summed E-state index contributed by atoms with van der Waals surface area (Å²) in [5, 5.41) is 4.27. The average Bonchev–Trinajstić information content (AvgIpc) is 3.40. The number of hydrogen-bond donors (Lipinski definition) is 0. The molecule has 7 nitrogen and oxygen atoms in total. The van der Waals surface area contributed by atoms with Crippen LogP contribution in [0.3, 0.4) is 0 Å². The van der Waals surface area contributed by atoms with E-state index >= 15 is 0 Å². The Balaban J connectivity index is 1.28. The van der Waals surface area contributed by atoms with Gasteiger partial charge in [0.05, 0.1) is 35.6 Å². The molecule has 1 aliphatic rings. The Labute approximate surface area is 275 Å². The number of esters is 1. The van der Waals surface area contributed by atoms with Gasteiger partial charge in [-0.2, -0.15) is 0 Å². The maximum absolute atomic E-state index is 14.2. The van der Waals surface area contributed by atoms with Crippen molar-refractivity contribution < 1.29 is 19.0 Å². The van der Waals surface area contributed by atoms with E-state index in [2.05, 4.69) is 24.3 Å². The first-order valence-corrected chi connectivity index (χ1v) is 16.2. The number of carbonyl (C=O) groups is 1. The molecule has 0 aliphatic carbocycles. The van der Waals surface area contributed by atoms with Gasteiger partial charge in [0.15, 0.2) is 16.3 Å². The van der Waals surface area contributed by atoms with Crippen molar-refractivity contribution in [2.24, 2.45) is 4.99 Å². The van der Waals surface area contributed by atoms with Crippen LogP contribution in [0.25, 0.3) is 27.6 Å². The number of methoxy groups -OCH3 is 1. The Hall–Kier alpha value is -5.47. The fraction of sp³-hybridized carbons (Fsp3) is 0.154. The molecule has 1 aromatic heterocycles. The maximum Gasteiger partial charge on any atom is 0.338 e. The largest absolute Gasteiger partial charge is 0.493 e. The fourth-order valence-corrected chi connectivity index (χ4v) is 7.24. The summed E-state index contributed by atoms with van der Waals surface area (Å²) in [7, 11) is 1.60. The van der Waals surface area contributed by atoms with Gasteiger partial charge in [-0.1, -0.05) is 102 Å². The molecule has 234 valence electrons. The van der Waals surface area contributed by atoms with Crippen molar-refractivity contribution in [3.8, 4) is 11.5 Å². The molecule has 7 rings (SSSR count). The van der Waals surface area contributed by atoms with Crippen molar-refractivity contribution in [2.45, 2.75) is 26.5 Å². The predicted molar refractivity (Wildman–Crippen MR) is 186 cm³/mol. The average molecular weight is 641 g/mol. The third kappa shape index (κ3) is 5.61. The van der Waals surface area contributed by atoms with Crippen LogP contribution in [0.5, 0.6) is 11.5 Å².